The summed E-state index contributed by atoms with van der Waals surface area (Å²) in [5, 5.41) is 11.0. The number of hydrogen-bond acceptors (Lipinski definition) is 4. The lowest BCUT2D eigenvalue weighted by molar-refractivity contribution is 0.414. The molecule has 1 N–H and O–H groups in total. The summed E-state index contributed by atoms with van der Waals surface area (Å²) in [7, 11) is 0. The van der Waals surface area contributed by atoms with Gasteiger partial charge in [0.2, 0.25) is 0 Å². The van der Waals surface area contributed by atoms with E-state index in [4.69, 9.17) is 0 Å². The largest absolute Gasteiger partial charge is 0.306 e. The van der Waals surface area contributed by atoms with Crippen molar-refractivity contribution in [3.63, 3.8) is 0 Å². The summed E-state index contributed by atoms with van der Waals surface area (Å²) in [5.41, 5.74) is 2.39. The van der Waals surface area contributed by atoms with Crippen molar-refractivity contribution in [2.75, 3.05) is 0 Å². The minimum atomic E-state index is 0.118. The van der Waals surface area contributed by atoms with Gasteiger partial charge < -0.3 is 5.32 Å². The van der Waals surface area contributed by atoms with Gasteiger partial charge in [0.25, 0.3) is 0 Å². The van der Waals surface area contributed by atoms with E-state index in [-0.39, 0.29) is 5.54 Å². The molecule has 0 spiro atoms. The zero-order chi connectivity index (χ0) is 13.2. The van der Waals surface area contributed by atoms with Crippen LogP contribution in [-0.4, -0.2) is 20.3 Å². The van der Waals surface area contributed by atoms with Gasteiger partial charge in [-0.25, -0.2) is 4.98 Å². The van der Waals surface area contributed by atoms with Crippen molar-refractivity contribution in [1.29, 1.82) is 0 Å². The normalized spacial score (nSPS) is 12.0. The predicted molar refractivity (Wildman–Crippen MR) is 74.8 cm³/mol. The number of aryl methyl sites for hydroxylation is 1. The van der Waals surface area contributed by atoms with E-state index in [0.717, 1.165) is 23.8 Å². The van der Waals surface area contributed by atoms with Gasteiger partial charge in [-0.1, -0.05) is 0 Å². The second-order valence-corrected chi connectivity index (χ2v) is 6.41. The Labute approximate surface area is 112 Å². The third-order valence-electron chi connectivity index (χ3n) is 2.56. The maximum Gasteiger partial charge on any atom is 0.114 e. The second kappa shape index (κ2) is 5.20. The van der Waals surface area contributed by atoms with E-state index in [0.29, 0.717) is 0 Å². The van der Waals surface area contributed by atoms with Crippen LogP contribution in [0.2, 0.25) is 0 Å². The molecule has 98 valence electrons. The summed E-state index contributed by atoms with van der Waals surface area (Å²) < 4.78 is 2.01. The first-order valence-corrected chi connectivity index (χ1v) is 6.99. The van der Waals surface area contributed by atoms with Crippen LogP contribution in [0.15, 0.2) is 17.6 Å². The van der Waals surface area contributed by atoms with Crippen molar-refractivity contribution < 1.29 is 0 Å². The van der Waals surface area contributed by atoms with Gasteiger partial charge in [0.05, 0.1) is 12.2 Å². The zero-order valence-corrected chi connectivity index (χ0v) is 12.2. The highest BCUT2D eigenvalue weighted by atomic mass is 32.1. The third-order valence-corrected chi connectivity index (χ3v) is 3.51. The van der Waals surface area contributed by atoms with Gasteiger partial charge in [-0.3, -0.25) is 4.68 Å². The average Bonchev–Trinajstić information content (AvgIpc) is 2.85. The van der Waals surface area contributed by atoms with E-state index in [2.05, 4.69) is 47.6 Å². The fraction of sp³-hybridized carbons (Fsp3) is 0.538. The molecule has 18 heavy (non-hydrogen) atoms. The minimum absolute atomic E-state index is 0.118. The summed E-state index contributed by atoms with van der Waals surface area (Å²) in [4.78, 5) is 4.47. The van der Waals surface area contributed by atoms with Crippen molar-refractivity contribution in [2.45, 2.75) is 46.3 Å². The number of aromatic nitrogens is 3. The highest BCUT2D eigenvalue weighted by Gasteiger charge is 2.11. The van der Waals surface area contributed by atoms with Crippen LogP contribution in [0, 0.1) is 6.92 Å². The molecule has 2 heterocycles. The third kappa shape index (κ3) is 3.65. The summed E-state index contributed by atoms with van der Waals surface area (Å²) in [6.07, 6.45) is 1.85. The first-order valence-electron chi connectivity index (χ1n) is 6.11. The molecular formula is C13H20N4S. The average molecular weight is 264 g/mol. The van der Waals surface area contributed by atoms with Crippen LogP contribution in [0.5, 0.6) is 0 Å². The summed E-state index contributed by atoms with van der Waals surface area (Å²) in [6.45, 7) is 10.1. The van der Waals surface area contributed by atoms with Gasteiger partial charge in [0.1, 0.15) is 5.01 Å². The highest BCUT2D eigenvalue weighted by Crippen LogP contribution is 2.12. The van der Waals surface area contributed by atoms with E-state index in [1.807, 2.05) is 17.8 Å². The molecule has 5 heteroatoms. The molecule has 2 aromatic heterocycles. The molecule has 0 unspecified atom stereocenters. The fourth-order valence-electron chi connectivity index (χ4n) is 1.61. The lowest BCUT2D eigenvalue weighted by Crippen LogP contribution is -2.35. The van der Waals surface area contributed by atoms with Crippen molar-refractivity contribution in [3.8, 4) is 0 Å². The van der Waals surface area contributed by atoms with Gasteiger partial charge in [0, 0.05) is 29.4 Å². The molecule has 0 radical (unpaired) electrons. The smallest absolute Gasteiger partial charge is 0.114 e. The number of rotatable bonds is 4. The Morgan fingerprint density at radius 3 is 2.78 bits per heavy atom. The first kappa shape index (κ1) is 13.2. The van der Waals surface area contributed by atoms with E-state index in [9.17, 15) is 0 Å². The van der Waals surface area contributed by atoms with Crippen LogP contribution in [0.25, 0.3) is 0 Å². The van der Waals surface area contributed by atoms with E-state index >= 15 is 0 Å². The molecule has 0 saturated carbocycles. The summed E-state index contributed by atoms with van der Waals surface area (Å²) in [5.74, 6) is 0. The fourth-order valence-corrected chi connectivity index (χ4v) is 2.36. The molecule has 2 aromatic rings. The molecule has 0 aliphatic rings. The van der Waals surface area contributed by atoms with E-state index < -0.39 is 0 Å². The molecule has 0 fully saturated rings. The number of nitrogens with zero attached hydrogens (tertiary/aromatic N) is 3. The van der Waals surface area contributed by atoms with Crippen molar-refractivity contribution in [1.82, 2.24) is 20.1 Å². The van der Waals surface area contributed by atoms with Crippen LogP contribution < -0.4 is 5.32 Å². The van der Waals surface area contributed by atoms with E-state index in [1.165, 1.54) is 5.69 Å². The molecule has 0 aromatic carbocycles. The number of nitrogens with one attached hydrogen (secondary N) is 1. The van der Waals surface area contributed by atoms with Crippen molar-refractivity contribution >= 4 is 11.3 Å². The van der Waals surface area contributed by atoms with Gasteiger partial charge in [-0.15, -0.1) is 11.3 Å². The topological polar surface area (TPSA) is 42.7 Å². The molecule has 0 amide bonds. The highest BCUT2D eigenvalue weighted by molar-refractivity contribution is 7.09. The summed E-state index contributed by atoms with van der Waals surface area (Å²) >= 11 is 1.69. The van der Waals surface area contributed by atoms with Gasteiger partial charge >= 0.3 is 0 Å². The van der Waals surface area contributed by atoms with Crippen LogP contribution >= 0.6 is 11.3 Å². The Kier molecular flexibility index (Phi) is 3.82. The standard InChI is InChI=1S/C13H20N4S/c1-10-9-18-12(16-10)8-17-11(5-6-15-17)7-14-13(2,3)4/h5-6,9,14H,7-8H2,1-4H3. The SMILES string of the molecule is Cc1csc(Cn2nccc2CNC(C)(C)C)n1. The van der Waals surface area contributed by atoms with Crippen LogP contribution in [0.4, 0.5) is 0 Å². The predicted octanol–water partition coefficient (Wildman–Crippen LogP) is 2.58. The molecular weight excluding hydrogens is 244 g/mol. The van der Waals surface area contributed by atoms with Gasteiger partial charge in [0.15, 0.2) is 0 Å². The quantitative estimate of drug-likeness (QED) is 0.923. The molecule has 0 atom stereocenters. The Bertz CT molecular complexity index is 507. The lowest BCUT2D eigenvalue weighted by Gasteiger charge is -2.20. The van der Waals surface area contributed by atoms with Crippen LogP contribution in [0.3, 0.4) is 0 Å². The Morgan fingerprint density at radius 2 is 2.17 bits per heavy atom. The molecule has 0 bridgehead atoms. The Hall–Kier alpha value is -1.20. The Morgan fingerprint density at radius 1 is 1.39 bits per heavy atom. The molecule has 0 aliphatic heterocycles. The maximum absolute atomic E-state index is 4.47. The molecule has 2 rings (SSSR count). The zero-order valence-electron chi connectivity index (χ0n) is 11.4. The number of hydrogen-bond donors (Lipinski definition) is 1. The summed E-state index contributed by atoms with van der Waals surface area (Å²) in [6, 6.07) is 2.05. The Balaban J connectivity index is 2.03. The minimum Gasteiger partial charge on any atom is -0.306 e. The molecule has 0 aliphatic carbocycles. The van der Waals surface area contributed by atoms with Crippen molar-refractivity contribution in [2.24, 2.45) is 0 Å². The monoisotopic (exact) mass is 264 g/mol. The van der Waals surface area contributed by atoms with E-state index in [1.54, 1.807) is 11.3 Å². The van der Waals surface area contributed by atoms with Crippen LogP contribution in [-0.2, 0) is 13.1 Å². The lowest BCUT2D eigenvalue weighted by atomic mass is 10.1. The molecule has 4 nitrogen and oxygen atoms in total. The van der Waals surface area contributed by atoms with Crippen LogP contribution in [0.1, 0.15) is 37.2 Å². The van der Waals surface area contributed by atoms with Gasteiger partial charge in [-0.05, 0) is 33.8 Å². The van der Waals surface area contributed by atoms with Crippen molar-refractivity contribution in [3.05, 3.63) is 34.0 Å². The first-order chi connectivity index (χ1) is 8.44. The molecule has 0 saturated heterocycles. The van der Waals surface area contributed by atoms with Gasteiger partial charge in [-0.2, -0.15) is 5.10 Å². The second-order valence-electron chi connectivity index (χ2n) is 5.47. The maximum atomic E-state index is 4.47. The number of thiazole rings is 1.